The molecular formula is C33H48. The van der Waals surface area contributed by atoms with Gasteiger partial charge in [0.15, 0.2) is 0 Å². The Balaban J connectivity index is 1.76. The zero-order valence-corrected chi connectivity index (χ0v) is 21.6. The molecule has 0 radical (unpaired) electrons. The molecule has 33 heavy (non-hydrogen) atoms. The molecule has 0 heteroatoms. The van der Waals surface area contributed by atoms with Crippen LogP contribution in [-0.2, 0) is 5.41 Å². The number of unbranched alkanes of at least 4 members (excludes halogenated alkanes) is 12. The monoisotopic (exact) mass is 444 g/mol. The molecule has 0 nitrogen and oxygen atoms in total. The lowest BCUT2D eigenvalue weighted by Gasteiger charge is -2.33. The maximum absolute atomic E-state index is 4.08. The van der Waals surface area contributed by atoms with Crippen molar-refractivity contribution in [1.29, 1.82) is 0 Å². The maximum atomic E-state index is 4.08. The van der Waals surface area contributed by atoms with Crippen molar-refractivity contribution in [3.63, 3.8) is 0 Å². The Labute approximate surface area is 204 Å². The van der Waals surface area contributed by atoms with E-state index in [2.05, 4.69) is 62.9 Å². The summed E-state index contributed by atoms with van der Waals surface area (Å²) in [5.41, 5.74) is 7.59. The van der Waals surface area contributed by atoms with Gasteiger partial charge in [-0.2, -0.15) is 0 Å². The van der Waals surface area contributed by atoms with E-state index in [4.69, 9.17) is 0 Å². The van der Waals surface area contributed by atoms with E-state index in [9.17, 15) is 0 Å². The first-order chi connectivity index (χ1) is 16.3. The summed E-state index contributed by atoms with van der Waals surface area (Å²) in [6.07, 6.45) is 23.9. The van der Waals surface area contributed by atoms with Gasteiger partial charge in [-0.15, -0.1) is 0 Å². The quantitative estimate of drug-likeness (QED) is 0.213. The van der Waals surface area contributed by atoms with E-state index >= 15 is 0 Å². The second-order valence-electron chi connectivity index (χ2n) is 10.4. The number of benzene rings is 2. The molecule has 0 fully saturated rings. The minimum atomic E-state index is 0.192. The van der Waals surface area contributed by atoms with Gasteiger partial charge in [0.05, 0.1) is 0 Å². The molecule has 0 spiro atoms. The number of hydrogen-bond donors (Lipinski definition) is 0. The van der Waals surface area contributed by atoms with Crippen LogP contribution in [-0.4, -0.2) is 0 Å². The van der Waals surface area contributed by atoms with E-state index in [1.807, 2.05) is 6.08 Å². The van der Waals surface area contributed by atoms with Crippen molar-refractivity contribution in [2.45, 2.75) is 122 Å². The predicted molar refractivity (Wildman–Crippen MR) is 148 cm³/mol. The second kappa shape index (κ2) is 13.8. The average Bonchev–Trinajstić information content (AvgIpc) is 3.12. The fourth-order valence-corrected chi connectivity index (χ4v) is 6.03. The van der Waals surface area contributed by atoms with Gasteiger partial charge in [0.2, 0.25) is 0 Å². The molecule has 0 saturated carbocycles. The van der Waals surface area contributed by atoms with Crippen molar-refractivity contribution >= 4 is 6.08 Å². The smallest absolute Gasteiger partial charge is 0.0215 e. The molecule has 0 aromatic heterocycles. The topological polar surface area (TPSA) is 0 Å². The van der Waals surface area contributed by atoms with Crippen LogP contribution >= 0.6 is 0 Å². The lowest BCUT2D eigenvalue weighted by Crippen LogP contribution is -2.25. The summed E-state index contributed by atoms with van der Waals surface area (Å²) in [5, 5.41) is 0. The van der Waals surface area contributed by atoms with Crippen LogP contribution in [0.4, 0.5) is 0 Å². The summed E-state index contributed by atoms with van der Waals surface area (Å²) in [6, 6.07) is 16.4. The molecule has 0 heterocycles. The molecule has 0 bridgehead atoms. The summed E-state index contributed by atoms with van der Waals surface area (Å²) >= 11 is 0. The third-order valence-electron chi connectivity index (χ3n) is 7.94. The maximum Gasteiger partial charge on any atom is 0.0215 e. The molecule has 0 unspecified atom stereocenters. The fourth-order valence-electron chi connectivity index (χ4n) is 6.03. The van der Waals surface area contributed by atoms with Gasteiger partial charge in [0.25, 0.3) is 0 Å². The predicted octanol–water partition coefficient (Wildman–Crippen LogP) is 10.9. The summed E-state index contributed by atoms with van der Waals surface area (Å²) < 4.78 is 0. The van der Waals surface area contributed by atoms with Crippen LogP contribution < -0.4 is 0 Å². The van der Waals surface area contributed by atoms with Gasteiger partial charge in [-0.05, 0) is 40.7 Å². The van der Waals surface area contributed by atoms with E-state index < -0.39 is 0 Å². The van der Waals surface area contributed by atoms with Gasteiger partial charge in [-0.25, -0.2) is 0 Å². The van der Waals surface area contributed by atoms with E-state index in [-0.39, 0.29) is 5.41 Å². The number of rotatable bonds is 17. The van der Waals surface area contributed by atoms with E-state index in [1.54, 1.807) is 11.1 Å². The van der Waals surface area contributed by atoms with Crippen LogP contribution in [0.5, 0.6) is 0 Å². The van der Waals surface area contributed by atoms with Gasteiger partial charge in [0.1, 0.15) is 0 Å². The first-order valence-electron chi connectivity index (χ1n) is 14.1. The van der Waals surface area contributed by atoms with E-state index in [0.29, 0.717) is 0 Å². The Morgan fingerprint density at radius 1 is 0.606 bits per heavy atom. The summed E-state index contributed by atoms with van der Waals surface area (Å²) in [5.74, 6) is 0. The third-order valence-corrected chi connectivity index (χ3v) is 7.94. The molecule has 2 aromatic carbocycles. The molecule has 0 N–H and O–H groups in total. The molecule has 0 atom stereocenters. The van der Waals surface area contributed by atoms with Gasteiger partial charge in [0, 0.05) is 5.41 Å². The molecule has 180 valence electrons. The lowest BCUT2D eigenvalue weighted by atomic mass is 9.70. The van der Waals surface area contributed by atoms with Crippen LogP contribution in [0.1, 0.15) is 133 Å². The highest BCUT2D eigenvalue weighted by Gasteiger charge is 2.41. The zero-order chi connectivity index (χ0) is 23.4. The first kappa shape index (κ1) is 25.8. The molecule has 1 aliphatic carbocycles. The normalized spacial score (nSPS) is 13.6. The van der Waals surface area contributed by atoms with Gasteiger partial charge in [-0.1, -0.05) is 159 Å². The van der Waals surface area contributed by atoms with Crippen molar-refractivity contribution in [3.05, 3.63) is 65.7 Å². The third kappa shape index (κ3) is 6.62. The Morgan fingerprint density at radius 2 is 1.12 bits per heavy atom. The van der Waals surface area contributed by atoms with Crippen molar-refractivity contribution in [1.82, 2.24) is 0 Å². The Morgan fingerprint density at radius 3 is 1.70 bits per heavy atom. The summed E-state index contributed by atoms with van der Waals surface area (Å²) in [6.45, 7) is 8.69. The lowest BCUT2D eigenvalue weighted by molar-refractivity contribution is 0.397. The Kier molecular flexibility index (Phi) is 10.8. The minimum absolute atomic E-state index is 0.192. The molecule has 0 aliphatic heterocycles. The summed E-state index contributed by atoms with van der Waals surface area (Å²) in [7, 11) is 0. The molecule has 2 aromatic rings. The fraction of sp³-hybridized carbons (Fsp3) is 0.576. The standard InChI is InChI=1S/C33H48/c1-4-7-9-11-13-15-19-25-33(26-20-16-14-12-10-8-5-2)31-22-18-17-21-29(31)30-24-23-28(6-3)27-32(30)33/h6,17-18,21-24,27H,3-5,7-16,19-20,25-26H2,1-2H3. The second-order valence-corrected chi connectivity index (χ2v) is 10.4. The van der Waals surface area contributed by atoms with E-state index in [0.717, 1.165) is 0 Å². The van der Waals surface area contributed by atoms with Crippen molar-refractivity contribution in [2.24, 2.45) is 0 Å². The van der Waals surface area contributed by atoms with Crippen LogP contribution in [0.3, 0.4) is 0 Å². The van der Waals surface area contributed by atoms with Crippen molar-refractivity contribution in [2.75, 3.05) is 0 Å². The zero-order valence-electron chi connectivity index (χ0n) is 21.6. The van der Waals surface area contributed by atoms with Crippen LogP contribution in [0.15, 0.2) is 49.0 Å². The minimum Gasteiger partial charge on any atom is -0.0985 e. The molecule has 0 saturated heterocycles. The van der Waals surface area contributed by atoms with Crippen molar-refractivity contribution < 1.29 is 0 Å². The largest absolute Gasteiger partial charge is 0.0985 e. The van der Waals surface area contributed by atoms with E-state index in [1.165, 1.54) is 119 Å². The number of hydrogen-bond acceptors (Lipinski definition) is 0. The van der Waals surface area contributed by atoms with Crippen LogP contribution in [0.2, 0.25) is 0 Å². The van der Waals surface area contributed by atoms with Gasteiger partial charge >= 0.3 is 0 Å². The summed E-state index contributed by atoms with van der Waals surface area (Å²) in [4.78, 5) is 0. The van der Waals surface area contributed by atoms with Crippen LogP contribution in [0.25, 0.3) is 17.2 Å². The highest BCUT2D eigenvalue weighted by Crippen LogP contribution is 2.54. The molecule has 3 rings (SSSR count). The molecule has 1 aliphatic rings. The van der Waals surface area contributed by atoms with Crippen molar-refractivity contribution in [3.8, 4) is 11.1 Å². The average molecular weight is 445 g/mol. The Hall–Kier alpha value is -1.82. The highest BCUT2D eigenvalue weighted by atomic mass is 14.4. The van der Waals surface area contributed by atoms with Gasteiger partial charge < -0.3 is 0 Å². The Bertz CT molecular complexity index is 825. The first-order valence-corrected chi connectivity index (χ1v) is 14.1. The molecule has 0 amide bonds. The van der Waals surface area contributed by atoms with Gasteiger partial charge in [-0.3, -0.25) is 0 Å². The SMILES string of the molecule is C=Cc1ccc2c(c1)C(CCCCCCCCC)(CCCCCCCCC)c1ccccc1-2. The van der Waals surface area contributed by atoms with Crippen LogP contribution in [0, 0.1) is 0 Å². The highest BCUT2D eigenvalue weighted by molar-refractivity contribution is 5.82. The molecular weight excluding hydrogens is 396 g/mol. The number of fused-ring (bicyclic) bond motifs is 3.